The Morgan fingerprint density at radius 2 is 2.00 bits per heavy atom. The summed E-state index contributed by atoms with van der Waals surface area (Å²) in [4.78, 5) is 0. The molecule has 0 saturated heterocycles. The van der Waals surface area contributed by atoms with Crippen molar-refractivity contribution in [3.8, 4) is 6.07 Å². The summed E-state index contributed by atoms with van der Waals surface area (Å²) in [6, 6.07) is 12.5. The summed E-state index contributed by atoms with van der Waals surface area (Å²) in [5, 5.41) is 14.6. The van der Waals surface area contributed by atoms with Crippen LogP contribution in [0.3, 0.4) is 0 Å². The molecule has 1 aromatic carbocycles. The predicted molar refractivity (Wildman–Crippen MR) is 84.4 cm³/mol. The number of nitrogens with zero attached hydrogens (tertiary/aromatic N) is 1. The Morgan fingerprint density at radius 1 is 1.32 bits per heavy atom. The van der Waals surface area contributed by atoms with Crippen molar-refractivity contribution in [3.63, 3.8) is 0 Å². The molecule has 0 unspecified atom stereocenters. The van der Waals surface area contributed by atoms with Crippen LogP contribution in [0.5, 0.6) is 0 Å². The lowest BCUT2D eigenvalue weighted by Crippen LogP contribution is -2.13. The van der Waals surface area contributed by atoms with Gasteiger partial charge in [0.1, 0.15) is 0 Å². The summed E-state index contributed by atoms with van der Waals surface area (Å²) >= 11 is 5.15. The van der Waals surface area contributed by atoms with Gasteiger partial charge in [0.2, 0.25) is 0 Å². The zero-order chi connectivity index (χ0) is 13.9. The quantitative estimate of drug-likeness (QED) is 0.860. The van der Waals surface area contributed by atoms with Gasteiger partial charge < -0.3 is 5.32 Å². The van der Waals surface area contributed by atoms with Crippen LogP contribution in [0.1, 0.15) is 25.0 Å². The second kappa shape index (κ2) is 5.77. The van der Waals surface area contributed by atoms with E-state index >= 15 is 0 Å². The highest BCUT2D eigenvalue weighted by molar-refractivity contribution is 9.11. The maximum atomic E-state index is 9.10. The molecule has 0 amide bonds. The molecule has 0 bridgehead atoms. The number of rotatable bonds is 4. The number of thiophene rings is 1. The third-order valence-electron chi connectivity index (χ3n) is 3.00. The second-order valence-corrected chi connectivity index (χ2v) is 7.22. The smallest absolute Gasteiger partial charge is 0.0766 e. The first-order valence-electron chi connectivity index (χ1n) is 6.00. The van der Waals surface area contributed by atoms with Crippen molar-refractivity contribution in [2.75, 3.05) is 5.32 Å². The lowest BCUT2D eigenvalue weighted by atomic mass is 9.86. The van der Waals surface area contributed by atoms with Crippen molar-refractivity contribution < 1.29 is 0 Å². The Morgan fingerprint density at radius 3 is 2.53 bits per heavy atom. The molecule has 0 radical (unpaired) electrons. The molecular formula is C15H15BrN2S. The zero-order valence-electron chi connectivity index (χ0n) is 10.9. The van der Waals surface area contributed by atoms with E-state index in [1.165, 1.54) is 5.56 Å². The van der Waals surface area contributed by atoms with E-state index in [2.05, 4.69) is 38.8 Å². The monoisotopic (exact) mass is 334 g/mol. The van der Waals surface area contributed by atoms with E-state index in [-0.39, 0.29) is 0 Å². The highest BCUT2D eigenvalue weighted by Gasteiger charge is 2.18. The van der Waals surface area contributed by atoms with E-state index in [4.69, 9.17) is 5.26 Å². The summed E-state index contributed by atoms with van der Waals surface area (Å²) in [6.45, 7) is 4.67. The second-order valence-electron chi connectivity index (χ2n) is 4.93. The summed E-state index contributed by atoms with van der Waals surface area (Å²) in [6.07, 6.45) is 0. The summed E-state index contributed by atoms with van der Waals surface area (Å²) in [7, 11) is 0. The van der Waals surface area contributed by atoms with Gasteiger partial charge in [-0.05, 0) is 64.5 Å². The van der Waals surface area contributed by atoms with Crippen molar-refractivity contribution >= 4 is 33.0 Å². The minimum Gasteiger partial charge on any atom is -0.381 e. The van der Waals surface area contributed by atoms with E-state index in [1.807, 2.05) is 38.1 Å². The molecule has 0 saturated carbocycles. The largest absolute Gasteiger partial charge is 0.381 e. The fourth-order valence-corrected chi connectivity index (χ4v) is 2.92. The molecule has 0 aliphatic carbocycles. The van der Waals surface area contributed by atoms with E-state index < -0.39 is 5.41 Å². The molecule has 19 heavy (non-hydrogen) atoms. The zero-order valence-corrected chi connectivity index (χ0v) is 13.3. The van der Waals surface area contributed by atoms with Gasteiger partial charge in [0, 0.05) is 12.2 Å². The molecule has 0 spiro atoms. The van der Waals surface area contributed by atoms with E-state index in [9.17, 15) is 0 Å². The van der Waals surface area contributed by atoms with Crippen molar-refractivity contribution in [1.29, 1.82) is 5.26 Å². The molecular weight excluding hydrogens is 320 g/mol. The molecule has 0 fully saturated rings. The van der Waals surface area contributed by atoms with Crippen LogP contribution in [0, 0.1) is 11.3 Å². The molecule has 2 rings (SSSR count). The average Bonchev–Trinajstić information content (AvgIpc) is 2.83. The standard InChI is InChI=1S/C15H15BrN2S/c1-15(2,10-17)12-3-5-13(6-4-12)18-8-11-7-14(16)19-9-11/h3-7,9,18H,8H2,1-2H3. The first-order chi connectivity index (χ1) is 9.01. The molecule has 1 N–H and O–H groups in total. The summed E-state index contributed by atoms with van der Waals surface area (Å²) < 4.78 is 1.15. The highest BCUT2D eigenvalue weighted by Crippen LogP contribution is 2.24. The molecule has 98 valence electrons. The molecule has 0 aliphatic heterocycles. The first-order valence-corrected chi connectivity index (χ1v) is 7.67. The van der Waals surface area contributed by atoms with E-state index in [0.29, 0.717) is 0 Å². The number of halogens is 1. The fraction of sp³-hybridized carbons (Fsp3) is 0.267. The maximum Gasteiger partial charge on any atom is 0.0766 e. The molecule has 2 nitrogen and oxygen atoms in total. The van der Waals surface area contributed by atoms with Gasteiger partial charge in [-0.2, -0.15) is 5.26 Å². The van der Waals surface area contributed by atoms with Crippen LogP contribution in [0.2, 0.25) is 0 Å². The van der Waals surface area contributed by atoms with Crippen LogP contribution in [-0.2, 0) is 12.0 Å². The Bertz CT molecular complexity index is 593. The molecule has 0 atom stereocenters. The number of nitriles is 1. The van der Waals surface area contributed by atoms with E-state index in [1.54, 1.807) is 11.3 Å². The van der Waals surface area contributed by atoms with Gasteiger partial charge in [-0.3, -0.25) is 0 Å². The maximum absolute atomic E-state index is 9.10. The number of hydrogen-bond donors (Lipinski definition) is 1. The number of hydrogen-bond acceptors (Lipinski definition) is 3. The van der Waals surface area contributed by atoms with Crippen molar-refractivity contribution in [2.45, 2.75) is 25.8 Å². The molecule has 0 aliphatic rings. The SMILES string of the molecule is CC(C)(C#N)c1ccc(NCc2csc(Br)c2)cc1. The Kier molecular flexibility index (Phi) is 4.28. The van der Waals surface area contributed by atoms with Crippen LogP contribution in [0.4, 0.5) is 5.69 Å². The summed E-state index contributed by atoms with van der Waals surface area (Å²) in [5.41, 5.74) is 2.94. The van der Waals surface area contributed by atoms with Gasteiger partial charge in [0.05, 0.1) is 15.3 Å². The van der Waals surface area contributed by atoms with Crippen LogP contribution in [-0.4, -0.2) is 0 Å². The third-order valence-corrected chi connectivity index (χ3v) is 4.56. The number of anilines is 1. The minimum absolute atomic E-state index is 0.434. The Labute approximate surface area is 126 Å². The molecule has 4 heteroatoms. The number of benzene rings is 1. The summed E-state index contributed by atoms with van der Waals surface area (Å²) in [5.74, 6) is 0. The Balaban J connectivity index is 2.02. The van der Waals surface area contributed by atoms with Gasteiger partial charge in [0.15, 0.2) is 0 Å². The number of nitrogens with one attached hydrogen (secondary N) is 1. The van der Waals surface area contributed by atoms with Gasteiger partial charge in [-0.1, -0.05) is 12.1 Å². The van der Waals surface area contributed by atoms with Crippen LogP contribution >= 0.6 is 27.3 Å². The first kappa shape index (κ1) is 14.1. The van der Waals surface area contributed by atoms with Crippen LogP contribution in [0.15, 0.2) is 39.5 Å². The van der Waals surface area contributed by atoms with Crippen molar-refractivity contribution in [2.24, 2.45) is 0 Å². The van der Waals surface area contributed by atoms with Crippen molar-refractivity contribution in [1.82, 2.24) is 0 Å². The van der Waals surface area contributed by atoms with Gasteiger partial charge in [-0.15, -0.1) is 11.3 Å². The fourth-order valence-electron chi connectivity index (χ4n) is 1.71. The Hall–Kier alpha value is -1.31. The van der Waals surface area contributed by atoms with Crippen molar-refractivity contribution in [3.05, 3.63) is 50.6 Å². The molecule has 1 heterocycles. The highest BCUT2D eigenvalue weighted by atomic mass is 79.9. The molecule has 2 aromatic rings. The average molecular weight is 335 g/mol. The van der Waals surface area contributed by atoms with Crippen LogP contribution in [0.25, 0.3) is 0 Å². The lowest BCUT2D eigenvalue weighted by Gasteiger charge is -2.16. The minimum atomic E-state index is -0.434. The van der Waals surface area contributed by atoms with Gasteiger partial charge in [-0.25, -0.2) is 0 Å². The van der Waals surface area contributed by atoms with Gasteiger partial charge in [0.25, 0.3) is 0 Å². The normalized spacial score (nSPS) is 11.1. The van der Waals surface area contributed by atoms with Crippen LogP contribution < -0.4 is 5.32 Å². The predicted octanol–water partition coefficient (Wildman–Crippen LogP) is 4.92. The third kappa shape index (κ3) is 3.59. The lowest BCUT2D eigenvalue weighted by molar-refractivity contribution is 0.687. The molecule has 1 aromatic heterocycles. The van der Waals surface area contributed by atoms with E-state index in [0.717, 1.165) is 21.6 Å². The topological polar surface area (TPSA) is 35.8 Å². The van der Waals surface area contributed by atoms with Gasteiger partial charge >= 0.3 is 0 Å².